The Balaban J connectivity index is 2.08. The van der Waals surface area contributed by atoms with Crippen LogP contribution in [0.2, 0.25) is 0 Å². The van der Waals surface area contributed by atoms with Gasteiger partial charge in [-0.2, -0.15) is 0 Å². The third-order valence-electron chi connectivity index (χ3n) is 1.78. The van der Waals surface area contributed by atoms with Crippen LogP contribution in [0.3, 0.4) is 0 Å². The maximum Gasteiger partial charge on any atom is 0.349 e. The number of esters is 2. The average Bonchev–Trinajstić information content (AvgIpc) is 2.40. The Bertz CT molecular complexity index is 480. The second kappa shape index (κ2) is 4.88. The molecule has 0 N–H and O–H groups in total. The van der Waals surface area contributed by atoms with Crippen molar-refractivity contribution in [2.45, 2.75) is 0 Å². The third kappa shape index (κ3) is 2.65. The Hall–Kier alpha value is -2.70. The van der Waals surface area contributed by atoms with E-state index in [9.17, 15) is 9.59 Å². The zero-order valence-electron chi connectivity index (χ0n) is 8.48. The lowest BCUT2D eigenvalue weighted by atomic mass is 10.3. The SMILES string of the molecule is O=C(OC(=O)c1cncnc1)c1cncnc1. The minimum atomic E-state index is -0.820. The molecule has 0 aliphatic heterocycles. The summed E-state index contributed by atoms with van der Waals surface area (Å²) in [6, 6.07) is 0. The Morgan fingerprint density at radius 1 is 0.765 bits per heavy atom. The van der Waals surface area contributed by atoms with Crippen molar-refractivity contribution in [1.82, 2.24) is 19.9 Å². The molecular weight excluding hydrogens is 224 g/mol. The van der Waals surface area contributed by atoms with Gasteiger partial charge in [-0.25, -0.2) is 29.5 Å². The summed E-state index contributed by atoms with van der Waals surface area (Å²) in [5.74, 6) is -1.64. The van der Waals surface area contributed by atoms with Crippen molar-refractivity contribution in [1.29, 1.82) is 0 Å². The minimum Gasteiger partial charge on any atom is -0.386 e. The second-order valence-corrected chi connectivity index (χ2v) is 2.93. The van der Waals surface area contributed by atoms with Crippen molar-refractivity contribution in [3.8, 4) is 0 Å². The van der Waals surface area contributed by atoms with Gasteiger partial charge in [-0.05, 0) is 0 Å². The van der Waals surface area contributed by atoms with Crippen LogP contribution in [0.25, 0.3) is 0 Å². The number of ether oxygens (including phenoxy) is 1. The first kappa shape index (κ1) is 10.8. The molecule has 0 atom stereocenters. The summed E-state index contributed by atoms with van der Waals surface area (Å²) >= 11 is 0. The molecule has 17 heavy (non-hydrogen) atoms. The van der Waals surface area contributed by atoms with Gasteiger partial charge in [0.15, 0.2) is 0 Å². The van der Waals surface area contributed by atoms with E-state index in [4.69, 9.17) is 0 Å². The normalized spacial score (nSPS) is 9.65. The van der Waals surface area contributed by atoms with Gasteiger partial charge in [0.1, 0.15) is 12.7 Å². The lowest BCUT2D eigenvalue weighted by molar-refractivity contribution is 0.0396. The summed E-state index contributed by atoms with van der Waals surface area (Å²) < 4.78 is 4.58. The fourth-order valence-electron chi connectivity index (χ4n) is 1.01. The van der Waals surface area contributed by atoms with Gasteiger partial charge < -0.3 is 4.74 Å². The molecule has 7 nitrogen and oxygen atoms in total. The minimum absolute atomic E-state index is 0.0951. The Morgan fingerprint density at radius 3 is 1.47 bits per heavy atom. The van der Waals surface area contributed by atoms with Gasteiger partial charge in [0.25, 0.3) is 0 Å². The number of carbonyl (C=O) groups is 2. The monoisotopic (exact) mass is 230 g/mol. The highest BCUT2D eigenvalue weighted by Gasteiger charge is 2.15. The third-order valence-corrected chi connectivity index (χ3v) is 1.78. The van der Waals surface area contributed by atoms with Crippen LogP contribution in [-0.2, 0) is 4.74 Å². The van der Waals surface area contributed by atoms with Crippen molar-refractivity contribution < 1.29 is 14.3 Å². The van der Waals surface area contributed by atoms with Gasteiger partial charge in [0.2, 0.25) is 0 Å². The van der Waals surface area contributed by atoms with Crippen LogP contribution in [-0.4, -0.2) is 31.9 Å². The number of carbonyl (C=O) groups excluding carboxylic acids is 2. The fraction of sp³-hybridized carbons (Fsp3) is 0. The van der Waals surface area contributed by atoms with E-state index < -0.39 is 11.9 Å². The summed E-state index contributed by atoms with van der Waals surface area (Å²) in [7, 11) is 0. The van der Waals surface area contributed by atoms with E-state index in [1.165, 1.54) is 37.4 Å². The molecule has 0 saturated carbocycles. The smallest absolute Gasteiger partial charge is 0.349 e. The van der Waals surface area contributed by atoms with Gasteiger partial charge in [-0.15, -0.1) is 0 Å². The molecule has 0 bridgehead atoms. The van der Waals surface area contributed by atoms with Crippen molar-refractivity contribution in [2.24, 2.45) is 0 Å². The summed E-state index contributed by atoms with van der Waals surface area (Å²) in [5.41, 5.74) is 0.190. The molecule has 2 heterocycles. The lowest BCUT2D eigenvalue weighted by Crippen LogP contribution is -2.13. The zero-order valence-corrected chi connectivity index (χ0v) is 8.48. The van der Waals surface area contributed by atoms with Gasteiger partial charge in [0.05, 0.1) is 11.1 Å². The molecule has 0 saturated heterocycles. The van der Waals surface area contributed by atoms with E-state index in [-0.39, 0.29) is 11.1 Å². The van der Waals surface area contributed by atoms with E-state index in [2.05, 4.69) is 24.7 Å². The Morgan fingerprint density at radius 2 is 1.12 bits per heavy atom. The van der Waals surface area contributed by atoms with E-state index >= 15 is 0 Å². The maximum atomic E-state index is 11.5. The fourth-order valence-corrected chi connectivity index (χ4v) is 1.01. The highest BCUT2D eigenvalue weighted by atomic mass is 16.6. The van der Waals surface area contributed by atoms with Crippen LogP contribution in [0.5, 0.6) is 0 Å². The molecule has 7 heteroatoms. The first-order chi connectivity index (χ1) is 8.27. The molecule has 0 fully saturated rings. The van der Waals surface area contributed by atoms with Gasteiger partial charge in [0, 0.05) is 24.8 Å². The predicted molar refractivity (Wildman–Crippen MR) is 53.8 cm³/mol. The second-order valence-electron chi connectivity index (χ2n) is 2.93. The summed E-state index contributed by atoms with van der Waals surface area (Å²) in [5, 5.41) is 0. The largest absolute Gasteiger partial charge is 0.386 e. The first-order valence-electron chi connectivity index (χ1n) is 4.54. The molecule has 0 aromatic carbocycles. The van der Waals surface area contributed by atoms with Crippen molar-refractivity contribution >= 4 is 11.9 Å². The zero-order chi connectivity index (χ0) is 12.1. The molecule has 0 radical (unpaired) electrons. The lowest BCUT2D eigenvalue weighted by Gasteiger charge is -2.01. The van der Waals surface area contributed by atoms with Crippen LogP contribution in [0.15, 0.2) is 37.4 Å². The van der Waals surface area contributed by atoms with E-state index in [0.717, 1.165) is 0 Å². The highest BCUT2D eigenvalue weighted by Crippen LogP contribution is 2.02. The van der Waals surface area contributed by atoms with Crippen molar-refractivity contribution in [2.75, 3.05) is 0 Å². The molecule has 84 valence electrons. The van der Waals surface area contributed by atoms with Crippen LogP contribution >= 0.6 is 0 Å². The molecule has 0 aliphatic carbocycles. The standard InChI is InChI=1S/C10H6N4O3/c15-9(7-1-11-5-12-2-7)17-10(16)8-3-13-6-14-4-8/h1-6H. The Labute approximate surface area is 95.5 Å². The molecule has 2 aromatic heterocycles. The molecule has 0 aliphatic rings. The number of rotatable bonds is 2. The quantitative estimate of drug-likeness (QED) is 0.539. The molecule has 2 aromatic rings. The van der Waals surface area contributed by atoms with Gasteiger partial charge in [-0.3, -0.25) is 0 Å². The summed E-state index contributed by atoms with van der Waals surface area (Å²) in [4.78, 5) is 37.5. The summed E-state index contributed by atoms with van der Waals surface area (Å²) in [6.45, 7) is 0. The number of nitrogens with zero attached hydrogens (tertiary/aromatic N) is 4. The molecule has 0 unspecified atom stereocenters. The predicted octanol–water partition coefficient (Wildman–Crippen LogP) is 0.264. The van der Waals surface area contributed by atoms with E-state index in [1.54, 1.807) is 0 Å². The van der Waals surface area contributed by atoms with Crippen LogP contribution in [0.1, 0.15) is 20.7 Å². The van der Waals surface area contributed by atoms with Crippen LogP contribution in [0, 0.1) is 0 Å². The van der Waals surface area contributed by atoms with Crippen molar-refractivity contribution in [3.05, 3.63) is 48.6 Å². The molecule has 2 rings (SSSR count). The topological polar surface area (TPSA) is 94.9 Å². The van der Waals surface area contributed by atoms with Crippen molar-refractivity contribution in [3.63, 3.8) is 0 Å². The van der Waals surface area contributed by atoms with Crippen LogP contribution in [0.4, 0.5) is 0 Å². The van der Waals surface area contributed by atoms with Crippen LogP contribution < -0.4 is 0 Å². The highest BCUT2D eigenvalue weighted by molar-refractivity contribution is 6.01. The average molecular weight is 230 g/mol. The molecule has 0 spiro atoms. The summed E-state index contributed by atoms with van der Waals surface area (Å²) in [6.07, 6.45) is 7.55. The van der Waals surface area contributed by atoms with E-state index in [1.807, 2.05) is 0 Å². The van der Waals surface area contributed by atoms with E-state index in [0.29, 0.717) is 0 Å². The van der Waals surface area contributed by atoms with Gasteiger partial charge in [-0.1, -0.05) is 0 Å². The maximum absolute atomic E-state index is 11.5. The number of aromatic nitrogens is 4. The number of hydrogen-bond acceptors (Lipinski definition) is 7. The molecule has 0 amide bonds. The molecular formula is C10H6N4O3. The Kier molecular flexibility index (Phi) is 3.10. The first-order valence-corrected chi connectivity index (χ1v) is 4.54. The van der Waals surface area contributed by atoms with Gasteiger partial charge >= 0.3 is 11.9 Å². The number of hydrogen-bond donors (Lipinski definition) is 0.